The zero-order chi connectivity index (χ0) is 20.1. The van der Waals surface area contributed by atoms with Crippen LogP contribution in [0.1, 0.15) is 5.56 Å². The first-order valence-electron chi connectivity index (χ1n) is 8.44. The Bertz CT molecular complexity index is 1080. The Morgan fingerprint density at radius 2 is 1.93 bits per heavy atom. The molecule has 9 nitrogen and oxygen atoms in total. The molecule has 1 aromatic heterocycles. The Labute approximate surface area is 162 Å². The van der Waals surface area contributed by atoms with E-state index in [-0.39, 0.29) is 16.3 Å². The maximum atomic E-state index is 12.5. The number of nitro benzene ring substituents is 1. The summed E-state index contributed by atoms with van der Waals surface area (Å²) in [5.74, 6) is 0. The summed E-state index contributed by atoms with van der Waals surface area (Å²) in [6, 6.07) is 12.1. The predicted octanol–water partition coefficient (Wildman–Crippen LogP) is 3.01. The van der Waals surface area contributed by atoms with Gasteiger partial charge >= 0.3 is 0 Å². The van der Waals surface area contributed by atoms with Gasteiger partial charge in [0.2, 0.25) is 0 Å². The second-order valence-electron chi connectivity index (χ2n) is 6.12. The summed E-state index contributed by atoms with van der Waals surface area (Å²) in [5.41, 5.74) is 1.33. The van der Waals surface area contributed by atoms with Crippen LogP contribution in [0.15, 0.2) is 65.8 Å². The van der Waals surface area contributed by atoms with Gasteiger partial charge in [0.25, 0.3) is 15.7 Å². The first kappa shape index (κ1) is 19.4. The third-order valence-corrected chi connectivity index (χ3v) is 5.30. The Balaban J connectivity index is 1.77. The van der Waals surface area contributed by atoms with Crippen molar-refractivity contribution in [1.82, 2.24) is 9.78 Å². The molecule has 0 spiro atoms. The fraction of sp³-hybridized carbons (Fsp3) is 0.167. The van der Waals surface area contributed by atoms with Crippen molar-refractivity contribution in [2.75, 3.05) is 16.6 Å². The molecule has 0 amide bonds. The quantitative estimate of drug-likeness (QED) is 0.442. The number of rotatable bonds is 8. The minimum absolute atomic E-state index is 0.184. The smallest absolute Gasteiger partial charge is 0.293 e. The zero-order valence-corrected chi connectivity index (χ0v) is 15.9. The SMILES string of the molecule is Cc1cnn(CCNc2ccc(S(=O)(=O)Nc3ccccc3)cc2[N+](=O)[O-])c1. The molecule has 3 aromatic rings. The number of hydrogen-bond acceptors (Lipinski definition) is 6. The lowest BCUT2D eigenvalue weighted by atomic mass is 10.2. The molecule has 0 aliphatic rings. The summed E-state index contributed by atoms with van der Waals surface area (Å²) >= 11 is 0. The Morgan fingerprint density at radius 1 is 1.18 bits per heavy atom. The molecule has 1 heterocycles. The van der Waals surface area contributed by atoms with E-state index in [0.717, 1.165) is 11.6 Å². The number of nitrogens with one attached hydrogen (secondary N) is 2. The second kappa shape index (κ2) is 8.09. The van der Waals surface area contributed by atoms with Crippen LogP contribution in [0.4, 0.5) is 17.1 Å². The van der Waals surface area contributed by atoms with E-state index in [1.807, 2.05) is 13.1 Å². The van der Waals surface area contributed by atoms with Gasteiger partial charge in [-0.3, -0.25) is 19.5 Å². The summed E-state index contributed by atoms with van der Waals surface area (Å²) in [7, 11) is -3.94. The number of nitrogens with zero attached hydrogens (tertiary/aromatic N) is 3. The Kier molecular flexibility index (Phi) is 5.59. The topological polar surface area (TPSA) is 119 Å². The zero-order valence-electron chi connectivity index (χ0n) is 15.1. The number of hydrogen-bond donors (Lipinski definition) is 2. The largest absolute Gasteiger partial charge is 0.378 e. The summed E-state index contributed by atoms with van der Waals surface area (Å²) in [4.78, 5) is 10.6. The average Bonchev–Trinajstić information content (AvgIpc) is 3.07. The molecule has 3 rings (SSSR count). The van der Waals surface area contributed by atoms with Gasteiger partial charge in [-0.15, -0.1) is 0 Å². The Morgan fingerprint density at radius 3 is 2.57 bits per heavy atom. The second-order valence-corrected chi connectivity index (χ2v) is 7.80. The van der Waals surface area contributed by atoms with Gasteiger partial charge in [-0.25, -0.2) is 8.42 Å². The van der Waals surface area contributed by atoms with E-state index in [9.17, 15) is 18.5 Å². The van der Waals surface area contributed by atoms with Crippen molar-refractivity contribution in [2.45, 2.75) is 18.4 Å². The molecule has 0 bridgehead atoms. The highest BCUT2D eigenvalue weighted by Gasteiger charge is 2.21. The number of aryl methyl sites for hydroxylation is 1. The average molecular weight is 401 g/mol. The van der Waals surface area contributed by atoms with Crippen molar-refractivity contribution in [2.24, 2.45) is 0 Å². The maximum Gasteiger partial charge on any atom is 0.293 e. The monoisotopic (exact) mass is 401 g/mol. The van der Waals surface area contributed by atoms with E-state index in [2.05, 4.69) is 15.1 Å². The van der Waals surface area contributed by atoms with Crippen molar-refractivity contribution in [1.29, 1.82) is 0 Å². The van der Waals surface area contributed by atoms with Crippen LogP contribution in [0.5, 0.6) is 0 Å². The Hall–Kier alpha value is -3.40. The molecule has 0 unspecified atom stereocenters. The van der Waals surface area contributed by atoms with Crippen LogP contribution in [-0.2, 0) is 16.6 Å². The molecule has 2 aromatic carbocycles. The van der Waals surface area contributed by atoms with E-state index < -0.39 is 14.9 Å². The van der Waals surface area contributed by atoms with Gasteiger partial charge in [0, 0.05) is 24.5 Å². The maximum absolute atomic E-state index is 12.5. The van der Waals surface area contributed by atoms with Crippen LogP contribution in [0.3, 0.4) is 0 Å². The number of anilines is 2. The standard InChI is InChI=1S/C18H19N5O4S/c1-14-12-20-22(13-14)10-9-19-17-8-7-16(11-18(17)23(24)25)28(26,27)21-15-5-3-2-4-6-15/h2-8,11-13,19,21H,9-10H2,1H3. The van der Waals surface area contributed by atoms with E-state index in [1.165, 1.54) is 12.1 Å². The van der Waals surface area contributed by atoms with Crippen LogP contribution in [0.25, 0.3) is 0 Å². The number of sulfonamides is 1. The molecule has 28 heavy (non-hydrogen) atoms. The van der Waals surface area contributed by atoms with Crippen LogP contribution in [0.2, 0.25) is 0 Å². The highest BCUT2D eigenvalue weighted by atomic mass is 32.2. The van der Waals surface area contributed by atoms with Gasteiger partial charge in [0.1, 0.15) is 5.69 Å². The highest BCUT2D eigenvalue weighted by Crippen LogP contribution is 2.28. The van der Waals surface area contributed by atoms with Gasteiger partial charge in [0.05, 0.1) is 22.6 Å². The fourth-order valence-electron chi connectivity index (χ4n) is 2.59. The highest BCUT2D eigenvalue weighted by molar-refractivity contribution is 7.92. The minimum atomic E-state index is -3.94. The predicted molar refractivity (Wildman–Crippen MR) is 106 cm³/mol. The first-order chi connectivity index (χ1) is 13.3. The molecule has 0 atom stereocenters. The normalized spacial score (nSPS) is 11.2. The van der Waals surface area contributed by atoms with Crippen LogP contribution in [0, 0.1) is 17.0 Å². The molecule has 0 aliphatic carbocycles. The molecule has 0 aliphatic heterocycles. The van der Waals surface area contributed by atoms with Crippen LogP contribution >= 0.6 is 0 Å². The van der Waals surface area contributed by atoms with Crippen molar-refractivity contribution < 1.29 is 13.3 Å². The van der Waals surface area contributed by atoms with Crippen LogP contribution in [-0.4, -0.2) is 29.7 Å². The number of aromatic nitrogens is 2. The summed E-state index contributed by atoms with van der Waals surface area (Å²) in [6.07, 6.45) is 3.59. The summed E-state index contributed by atoms with van der Waals surface area (Å²) < 4.78 is 29.2. The van der Waals surface area contributed by atoms with Crippen molar-refractivity contribution in [3.8, 4) is 0 Å². The van der Waals surface area contributed by atoms with E-state index in [1.54, 1.807) is 41.2 Å². The molecule has 2 N–H and O–H groups in total. The molecular formula is C18H19N5O4S. The summed E-state index contributed by atoms with van der Waals surface area (Å²) in [6.45, 7) is 2.83. The number of benzene rings is 2. The van der Waals surface area contributed by atoms with Crippen molar-refractivity contribution in [3.63, 3.8) is 0 Å². The lowest BCUT2D eigenvalue weighted by molar-refractivity contribution is -0.384. The lowest BCUT2D eigenvalue weighted by Crippen LogP contribution is -2.14. The molecule has 146 valence electrons. The third kappa shape index (κ3) is 4.65. The minimum Gasteiger partial charge on any atom is -0.378 e. The van der Waals surface area contributed by atoms with Gasteiger partial charge in [-0.2, -0.15) is 5.10 Å². The van der Waals surface area contributed by atoms with Crippen molar-refractivity contribution in [3.05, 3.63) is 76.6 Å². The lowest BCUT2D eigenvalue weighted by Gasteiger charge is -2.11. The molecule has 0 fully saturated rings. The van der Waals surface area contributed by atoms with Gasteiger partial charge in [-0.1, -0.05) is 18.2 Å². The van der Waals surface area contributed by atoms with Crippen molar-refractivity contribution >= 4 is 27.1 Å². The molecule has 0 saturated heterocycles. The van der Waals surface area contributed by atoms with E-state index in [0.29, 0.717) is 18.8 Å². The molecular weight excluding hydrogens is 382 g/mol. The number of para-hydroxylation sites is 1. The third-order valence-electron chi connectivity index (χ3n) is 3.92. The number of nitro groups is 1. The molecule has 10 heteroatoms. The van der Waals surface area contributed by atoms with Gasteiger partial charge < -0.3 is 5.32 Å². The van der Waals surface area contributed by atoms with Gasteiger partial charge in [0.15, 0.2) is 0 Å². The summed E-state index contributed by atoms with van der Waals surface area (Å²) in [5, 5.41) is 18.5. The molecule has 0 radical (unpaired) electrons. The van der Waals surface area contributed by atoms with Crippen LogP contribution < -0.4 is 10.0 Å². The molecule has 0 saturated carbocycles. The first-order valence-corrected chi connectivity index (χ1v) is 9.93. The van der Waals surface area contributed by atoms with E-state index >= 15 is 0 Å². The fourth-order valence-corrected chi connectivity index (χ4v) is 3.67. The van der Waals surface area contributed by atoms with Gasteiger partial charge in [-0.05, 0) is 36.8 Å². The van der Waals surface area contributed by atoms with E-state index in [4.69, 9.17) is 0 Å².